The van der Waals surface area contributed by atoms with Crippen LogP contribution in [0.5, 0.6) is 11.5 Å². The summed E-state index contributed by atoms with van der Waals surface area (Å²) in [5.74, 6) is 1.81. The van der Waals surface area contributed by atoms with Crippen LogP contribution in [0.3, 0.4) is 0 Å². The van der Waals surface area contributed by atoms with Crippen LogP contribution in [-0.2, 0) is 6.18 Å². The van der Waals surface area contributed by atoms with Crippen molar-refractivity contribution in [3.05, 3.63) is 48.0 Å². The Morgan fingerprint density at radius 1 is 1.00 bits per heavy atom. The van der Waals surface area contributed by atoms with Crippen LogP contribution < -0.4 is 9.64 Å². The summed E-state index contributed by atoms with van der Waals surface area (Å²) in [5.41, 5.74) is 0.418. The van der Waals surface area contributed by atoms with Gasteiger partial charge in [0, 0.05) is 13.0 Å². The molecule has 0 radical (unpaired) electrons. The quantitative estimate of drug-likeness (QED) is 0.672. The number of amidine groups is 1. The summed E-state index contributed by atoms with van der Waals surface area (Å²) in [7, 11) is 0. The van der Waals surface area contributed by atoms with E-state index < -0.39 is 11.7 Å². The number of ether oxygens (including phenoxy) is 1. The molecule has 6 heteroatoms. The Kier molecular flexibility index (Phi) is 3.07. The third-order valence-electron chi connectivity index (χ3n) is 3.96. The number of fused-ring (bicyclic) bond motifs is 2. The predicted octanol–water partition coefficient (Wildman–Crippen LogP) is 5.14. The average Bonchev–Trinajstić information content (AvgIpc) is 3.05. The van der Waals surface area contributed by atoms with E-state index in [4.69, 9.17) is 4.74 Å². The number of anilines is 2. The van der Waals surface area contributed by atoms with E-state index in [1.54, 1.807) is 11.0 Å². The summed E-state index contributed by atoms with van der Waals surface area (Å²) in [6, 6.07) is 10.9. The fraction of sp³-hybridized carbons (Fsp3) is 0.235. The topological polar surface area (TPSA) is 24.8 Å². The summed E-state index contributed by atoms with van der Waals surface area (Å²) in [5, 5.41) is 0. The molecule has 0 atom stereocenters. The minimum atomic E-state index is -4.39. The molecule has 2 aliphatic rings. The van der Waals surface area contributed by atoms with Gasteiger partial charge in [-0.3, -0.25) is 9.89 Å². The largest absolute Gasteiger partial charge is 0.453 e. The first-order chi connectivity index (χ1) is 11.0. The van der Waals surface area contributed by atoms with Crippen LogP contribution in [0, 0.1) is 0 Å². The second kappa shape index (κ2) is 5.01. The molecule has 0 spiro atoms. The lowest BCUT2D eigenvalue weighted by Crippen LogP contribution is -2.27. The zero-order valence-electron chi connectivity index (χ0n) is 12.1. The molecule has 2 heterocycles. The molecule has 0 aliphatic carbocycles. The van der Waals surface area contributed by atoms with E-state index in [1.807, 2.05) is 18.2 Å². The molecule has 0 fully saturated rings. The van der Waals surface area contributed by atoms with Crippen LogP contribution in [0.25, 0.3) is 0 Å². The molecule has 0 saturated heterocycles. The first-order valence-electron chi connectivity index (χ1n) is 7.35. The van der Waals surface area contributed by atoms with Crippen molar-refractivity contribution in [2.24, 2.45) is 4.99 Å². The van der Waals surface area contributed by atoms with Crippen LogP contribution in [0.15, 0.2) is 47.5 Å². The molecular weight excluding hydrogens is 305 g/mol. The highest BCUT2D eigenvalue weighted by Crippen LogP contribution is 2.49. The normalized spacial score (nSPS) is 16.5. The zero-order valence-corrected chi connectivity index (χ0v) is 12.1. The van der Waals surface area contributed by atoms with E-state index in [0.717, 1.165) is 36.5 Å². The molecule has 0 aromatic heterocycles. The van der Waals surface area contributed by atoms with Crippen molar-refractivity contribution in [1.82, 2.24) is 0 Å². The first kappa shape index (κ1) is 14.1. The Hall–Kier alpha value is -2.50. The number of aliphatic imine (C=N–C) groups is 1. The summed E-state index contributed by atoms with van der Waals surface area (Å²) in [6.07, 6.45) is -2.75. The minimum Gasteiger partial charge on any atom is -0.453 e. The van der Waals surface area contributed by atoms with E-state index in [0.29, 0.717) is 23.7 Å². The standard InChI is InChI=1S/C17H13F3N2O/c18-17(19,20)11-7-8-15-13(10-11)22(16-6-3-9-21-16)12-4-1-2-5-14(12)23-15/h1-2,4-5,7-8,10H,3,6,9H2. The van der Waals surface area contributed by atoms with Crippen molar-refractivity contribution in [2.45, 2.75) is 19.0 Å². The SMILES string of the molecule is FC(F)(F)c1ccc2c(c1)N(C1=NCCC1)c1ccccc1O2. The molecule has 118 valence electrons. The Labute approximate surface area is 131 Å². The Morgan fingerprint density at radius 2 is 1.78 bits per heavy atom. The van der Waals surface area contributed by atoms with Gasteiger partial charge in [0.15, 0.2) is 11.5 Å². The maximum Gasteiger partial charge on any atom is 0.416 e. The molecular formula is C17H13F3N2O. The van der Waals surface area contributed by atoms with Gasteiger partial charge in [-0.25, -0.2) is 0 Å². The highest BCUT2D eigenvalue weighted by atomic mass is 19.4. The lowest BCUT2D eigenvalue weighted by Gasteiger charge is -2.33. The second-order valence-corrected chi connectivity index (χ2v) is 5.49. The highest BCUT2D eigenvalue weighted by molar-refractivity contribution is 6.08. The maximum atomic E-state index is 13.1. The van der Waals surface area contributed by atoms with Crippen molar-refractivity contribution in [3.63, 3.8) is 0 Å². The van der Waals surface area contributed by atoms with Gasteiger partial charge in [0.1, 0.15) is 5.84 Å². The molecule has 0 saturated carbocycles. The summed E-state index contributed by atoms with van der Waals surface area (Å²) < 4.78 is 45.0. The van der Waals surface area contributed by atoms with Gasteiger partial charge in [-0.15, -0.1) is 0 Å². The van der Waals surface area contributed by atoms with Gasteiger partial charge < -0.3 is 4.74 Å². The number of benzene rings is 2. The third-order valence-corrected chi connectivity index (χ3v) is 3.96. The molecule has 0 amide bonds. The van der Waals surface area contributed by atoms with E-state index in [-0.39, 0.29) is 0 Å². The van der Waals surface area contributed by atoms with Gasteiger partial charge in [0.2, 0.25) is 0 Å². The smallest absolute Gasteiger partial charge is 0.416 e. The fourth-order valence-corrected chi connectivity index (χ4v) is 2.92. The number of halogens is 3. The first-order valence-corrected chi connectivity index (χ1v) is 7.35. The second-order valence-electron chi connectivity index (χ2n) is 5.49. The molecule has 2 aliphatic heterocycles. The van der Waals surface area contributed by atoms with Crippen LogP contribution in [0.4, 0.5) is 24.5 Å². The third kappa shape index (κ3) is 2.34. The number of para-hydroxylation sites is 2. The molecule has 0 bridgehead atoms. The molecule has 3 nitrogen and oxygen atoms in total. The van der Waals surface area contributed by atoms with E-state index in [2.05, 4.69) is 4.99 Å². The van der Waals surface area contributed by atoms with Gasteiger partial charge in [0.05, 0.1) is 16.9 Å². The lowest BCUT2D eigenvalue weighted by atomic mass is 10.1. The number of hydrogen-bond donors (Lipinski definition) is 0. The number of rotatable bonds is 0. The predicted molar refractivity (Wildman–Crippen MR) is 81.6 cm³/mol. The van der Waals surface area contributed by atoms with Gasteiger partial charge >= 0.3 is 6.18 Å². The minimum absolute atomic E-state index is 0.388. The summed E-state index contributed by atoms with van der Waals surface area (Å²) in [4.78, 5) is 6.24. The highest BCUT2D eigenvalue weighted by Gasteiger charge is 2.35. The maximum absolute atomic E-state index is 13.1. The fourth-order valence-electron chi connectivity index (χ4n) is 2.92. The van der Waals surface area contributed by atoms with Crippen molar-refractivity contribution < 1.29 is 17.9 Å². The molecule has 23 heavy (non-hydrogen) atoms. The molecule has 0 unspecified atom stereocenters. The average molecular weight is 318 g/mol. The lowest BCUT2D eigenvalue weighted by molar-refractivity contribution is -0.137. The van der Waals surface area contributed by atoms with Crippen LogP contribution >= 0.6 is 0 Å². The van der Waals surface area contributed by atoms with Crippen LogP contribution in [0.1, 0.15) is 18.4 Å². The van der Waals surface area contributed by atoms with E-state index >= 15 is 0 Å². The van der Waals surface area contributed by atoms with Gasteiger partial charge in [-0.05, 0) is 36.8 Å². The van der Waals surface area contributed by atoms with Crippen molar-refractivity contribution >= 4 is 17.2 Å². The molecule has 0 N–H and O–H groups in total. The van der Waals surface area contributed by atoms with E-state index in [9.17, 15) is 13.2 Å². The zero-order chi connectivity index (χ0) is 16.0. The Morgan fingerprint density at radius 3 is 2.52 bits per heavy atom. The Balaban J connectivity index is 1.90. The van der Waals surface area contributed by atoms with Gasteiger partial charge in [0.25, 0.3) is 0 Å². The van der Waals surface area contributed by atoms with Crippen LogP contribution in [-0.4, -0.2) is 12.4 Å². The van der Waals surface area contributed by atoms with E-state index in [1.165, 1.54) is 6.07 Å². The number of nitrogens with zero attached hydrogens (tertiary/aromatic N) is 2. The monoisotopic (exact) mass is 318 g/mol. The molecule has 2 aromatic carbocycles. The molecule has 2 aromatic rings. The van der Waals surface area contributed by atoms with Gasteiger partial charge in [-0.2, -0.15) is 13.2 Å². The van der Waals surface area contributed by atoms with Crippen molar-refractivity contribution in [1.29, 1.82) is 0 Å². The summed E-state index contributed by atoms with van der Waals surface area (Å²) >= 11 is 0. The Bertz CT molecular complexity index is 799. The van der Waals surface area contributed by atoms with Crippen molar-refractivity contribution in [3.8, 4) is 11.5 Å². The number of alkyl halides is 3. The van der Waals surface area contributed by atoms with Gasteiger partial charge in [-0.1, -0.05) is 12.1 Å². The van der Waals surface area contributed by atoms with Crippen molar-refractivity contribution in [2.75, 3.05) is 11.4 Å². The number of hydrogen-bond acceptors (Lipinski definition) is 3. The summed E-state index contributed by atoms with van der Waals surface area (Å²) in [6.45, 7) is 0.698. The molecule has 4 rings (SSSR count). The van der Waals surface area contributed by atoms with Crippen LogP contribution in [0.2, 0.25) is 0 Å².